The number of benzene rings is 1. The molecule has 1 aromatic heterocycles. The summed E-state index contributed by atoms with van der Waals surface area (Å²) in [6.45, 7) is 5.83. The average molecular weight is 355 g/mol. The molecule has 0 amide bonds. The number of hydrogen-bond acceptors (Lipinski definition) is 8. The number of ether oxygens (including phenoxy) is 2. The Morgan fingerprint density at radius 1 is 1.46 bits per heavy atom. The SMILES string of the molecule is C=NCc1cc(Oc2cnccn2)cc2c1C(CC(=O)OCC)OB2O. The third kappa shape index (κ3) is 3.89. The van der Waals surface area contributed by atoms with Crippen molar-refractivity contribution in [3.05, 3.63) is 41.9 Å². The van der Waals surface area contributed by atoms with E-state index in [-0.39, 0.29) is 19.6 Å². The van der Waals surface area contributed by atoms with Crippen LogP contribution in [-0.2, 0) is 20.7 Å². The molecule has 1 aliphatic heterocycles. The fourth-order valence-electron chi connectivity index (χ4n) is 2.89. The van der Waals surface area contributed by atoms with Gasteiger partial charge in [-0.2, -0.15) is 0 Å². The highest BCUT2D eigenvalue weighted by molar-refractivity contribution is 6.62. The van der Waals surface area contributed by atoms with Gasteiger partial charge in [0.25, 0.3) is 0 Å². The molecule has 9 heteroatoms. The summed E-state index contributed by atoms with van der Waals surface area (Å²) in [6.07, 6.45) is 3.94. The molecule has 1 unspecified atom stereocenters. The predicted molar refractivity (Wildman–Crippen MR) is 94.5 cm³/mol. The molecule has 1 aromatic carbocycles. The standard InChI is InChI=1S/C17H18BN3O5/c1-3-24-16(22)8-14-17-11(9-19-2)6-12(7-13(17)18(23)26-14)25-15-10-20-4-5-21-15/h4-7,10,14,23H,2-3,8-9H2,1H3. The fraction of sp³-hybridized carbons (Fsp3) is 0.294. The molecule has 8 nitrogen and oxygen atoms in total. The van der Waals surface area contributed by atoms with Gasteiger partial charge in [0.2, 0.25) is 5.88 Å². The molecule has 3 rings (SSSR count). The Bertz CT molecular complexity index is 802. The molecule has 0 aliphatic carbocycles. The minimum Gasteiger partial charge on any atom is -0.466 e. The van der Waals surface area contributed by atoms with E-state index in [0.29, 0.717) is 22.7 Å². The molecule has 2 heterocycles. The van der Waals surface area contributed by atoms with Crippen LogP contribution in [0.4, 0.5) is 0 Å². The number of fused-ring (bicyclic) bond motifs is 1. The van der Waals surface area contributed by atoms with Crippen LogP contribution in [-0.4, -0.2) is 41.4 Å². The van der Waals surface area contributed by atoms with E-state index in [0.717, 1.165) is 5.56 Å². The van der Waals surface area contributed by atoms with E-state index in [9.17, 15) is 9.82 Å². The van der Waals surface area contributed by atoms with Crippen LogP contribution in [0.2, 0.25) is 0 Å². The summed E-state index contributed by atoms with van der Waals surface area (Å²) in [5, 5.41) is 10.3. The van der Waals surface area contributed by atoms with Gasteiger partial charge in [0.05, 0.1) is 31.9 Å². The maximum Gasteiger partial charge on any atom is 0.492 e. The summed E-state index contributed by atoms with van der Waals surface area (Å²) >= 11 is 0. The highest BCUT2D eigenvalue weighted by Crippen LogP contribution is 2.33. The molecule has 0 saturated heterocycles. The number of carbonyl (C=O) groups excluding carboxylic acids is 1. The highest BCUT2D eigenvalue weighted by Gasteiger charge is 2.38. The van der Waals surface area contributed by atoms with Crippen LogP contribution in [0.25, 0.3) is 0 Å². The normalized spacial score (nSPS) is 15.5. The maximum atomic E-state index is 11.8. The molecule has 0 bridgehead atoms. The Balaban J connectivity index is 1.94. The van der Waals surface area contributed by atoms with Crippen LogP contribution in [0.5, 0.6) is 11.6 Å². The lowest BCUT2D eigenvalue weighted by Gasteiger charge is -2.15. The number of carbonyl (C=O) groups is 1. The van der Waals surface area contributed by atoms with Crippen LogP contribution in [0.1, 0.15) is 30.6 Å². The van der Waals surface area contributed by atoms with Crippen molar-refractivity contribution in [3.8, 4) is 11.6 Å². The second-order valence-corrected chi connectivity index (χ2v) is 5.60. The molecular weight excluding hydrogens is 337 g/mol. The number of nitrogens with zero attached hydrogens (tertiary/aromatic N) is 3. The Kier molecular flexibility index (Phi) is 5.60. The summed E-state index contributed by atoms with van der Waals surface area (Å²) in [5.74, 6) is 0.388. The maximum absolute atomic E-state index is 11.8. The van der Waals surface area contributed by atoms with Gasteiger partial charge in [0.15, 0.2) is 0 Å². The van der Waals surface area contributed by atoms with E-state index in [4.69, 9.17) is 14.1 Å². The van der Waals surface area contributed by atoms with Crippen molar-refractivity contribution in [2.24, 2.45) is 4.99 Å². The summed E-state index contributed by atoms with van der Waals surface area (Å²) in [5.41, 5.74) is 1.99. The zero-order valence-corrected chi connectivity index (χ0v) is 14.3. The molecule has 0 radical (unpaired) electrons. The van der Waals surface area contributed by atoms with Crippen molar-refractivity contribution in [1.82, 2.24) is 9.97 Å². The Morgan fingerprint density at radius 2 is 2.31 bits per heavy atom. The van der Waals surface area contributed by atoms with E-state index in [1.54, 1.807) is 25.3 Å². The van der Waals surface area contributed by atoms with E-state index in [1.807, 2.05) is 0 Å². The smallest absolute Gasteiger partial charge is 0.466 e. The van der Waals surface area contributed by atoms with Crippen molar-refractivity contribution in [1.29, 1.82) is 0 Å². The van der Waals surface area contributed by atoms with Gasteiger partial charge in [-0.25, -0.2) is 4.98 Å². The summed E-state index contributed by atoms with van der Waals surface area (Å²) < 4.78 is 16.2. The van der Waals surface area contributed by atoms with Crippen molar-refractivity contribution < 1.29 is 23.9 Å². The second-order valence-electron chi connectivity index (χ2n) is 5.60. The van der Waals surface area contributed by atoms with Crippen LogP contribution in [0.15, 0.2) is 35.7 Å². The van der Waals surface area contributed by atoms with Crippen LogP contribution < -0.4 is 10.2 Å². The van der Waals surface area contributed by atoms with Crippen LogP contribution >= 0.6 is 0 Å². The number of esters is 1. The zero-order chi connectivity index (χ0) is 18.5. The summed E-state index contributed by atoms with van der Waals surface area (Å²) in [4.78, 5) is 23.8. The highest BCUT2D eigenvalue weighted by atomic mass is 16.5. The molecule has 0 fully saturated rings. The fourth-order valence-corrected chi connectivity index (χ4v) is 2.89. The molecule has 2 aromatic rings. The molecule has 0 saturated carbocycles. The third-order valence-corrected chi connectivity index (χ3v) is 3.85. The first-order chi connectivity index (χ1) is 12.6. The predicted octanol–water partition coefficient (Wildman–Crippen LogP) is 1.18. The Hall–Kier alpha value is -2.78. The number of aromatic nitrogens is 2. The van der Waals surface area contributed by atoms with Crippen molar-refractivity contribution >= 4 is 25.3 Å². The summed E-state index contributed by atoms with van der Waals surface area (Å²) in [7, 11) is -1.17. The van der Waals surface area contributed by atoms with Gasteiger partial charge in [0, 0.05) is 12.4 Å². The van der Waals surface area contributed by atoms with E-state index in [1.165, 1.54) is 12.4 Å². The minimum atomic E-state index is -1.17. The zero-order valence-electron chi connectivity index (χ0n) is 14.3. The van der Waals surface area contributed by atoms with E-state index >= 15 is 0 Å². The lowest BCUT2D eigenvalue weighted by atomic mass is 9.77. The monoisotopic (exact) mass is 355 g/mol. The van der Waals surface area contributed by atoms with Gasteiger partial charge in [0.1, 0.15) is 5.75 Å². The van der Waals surface area contributed by atoms with E-state index in [2.05, 4.69) is 21.7 Å². The van der Waals surface area contributed by atoms with Gasteiger partial charge in [-0.15, -0.1) is 0 Å². The minimum absolute atomic E-state index is 0.00636. The Morgan fingerprint density at radius 3 is 3.00 bits per heavy atom. The Labute approximate surface area is 151 Å². The third-order valence-electron chi connectivity index (χ3n) is 3.85. The van der Waals surface area contributed by atoms with Gasteiger partial charge in [-0.05, 0) is 42.4 Å². The van der Waals surface area contributed by atoms with E-state index < -0.39 is 19.2 Å². The number of aliphatic imine (C=N–C) groups is 1. The first-order valence-corrected chi connectivity index (χ1v) is 8.14. The quantitative estimate of drug-likeness (QED) is 0.452. The van der Waals surface area contributed by atoms with Crippen molar-refractivity contribution in [2.45, 2.75) is 26.0 Å². The molecule has 26 heavy (non-hydrogen) atoms. The van der Waals surface area contributed by atoms with Crippen LogP contribution in [0.3, 0.4) is 0 Å². The van der Waals surface area contributed by atoms with Crippen molar-refractivity contribution in [3.63, 3.8) is 0 Å². The largest absolute Gasteiger partial charge is 0.492 e. The topological polar surface area (TPSA) is 103 Å². The average Bonchev–Trinajstić information content (AvgIpc) is 2.92. The number of rotatable bonds is 7. The van der Waals surface area contributed by atoms with Gasteiger partial charge in [-0.3, -0.25) is 14.8 Å². The van der Waals surface area contributed by atoms with Gasteiger partial charge in [-0.1, -0.05) is 0 Å². The lowest BCUT2D eigenvalue weighted by Crippen LogP contribution is -2.28. The van der Waals surface area contributed by atoms with Crippen LogP contribution in [0, 0.1) is 0 Å². The number of hydrogen-bond donors (Lipinski definition) is 1. The molecule has 1 aliphatic rings. The summed E-state index contributed by atoms with van der Waals surface area (Å²) in [6, 6.07) is 3.42. The molecule has 1 N–H and O–H groups in total. The molecule has 1 atom stereocenters. The first-order valence-electron chi connectivity index (χ1n) is 8.14. The second kappa shape index (κ2) is 8.07. The van der Waals surface area contributed by atoms with Gasteiger partial charge >= 0.3 is 13.1 Å². The van der Waals surface area contributed by atoms with Crippen molar-refractivity contribution in [2.75, 3.05) is 6.61 Å². The molecule has 134 valence electrons. The molecule has 0 spiro atoms. The molecular formula is C17H18BN3O5. The lowest BCUT2D eigenvalue weighted by molar-refractivity contribution is -0.145. The first kappa shape index (κ1) is 18.0. The van der Waals surface area contributed by atoms with Gasteiger partial charge < -0.3 is 19.2 Å².